The molecular formula is C29H28F4N2O5S. The van der Waals surface area contributed by atoms with Gasteiger partial charge in [-0.2, -0.15) is 0 Å². The highest BCUT2D eigenvalue weighted by atomic mass is 32.2. The number of sulfonamides is 1. The molecule has 1 atom stereocenters. The van der Waals surface area contributed by atoms with Crippen molar-refractivity contribution in [1.29, 1.82) is 0 Å². The number of nitrogens with zero attached hydrogens (tertiary/aromatic N) is 1. The number of likely N-dealkylation sites (tertiary alicyclic amines) is 1. The molecule has 1 aliphatic carbocycles. The minimum Gasteiger partial charge on any atom is -0.493 e. The van der Waals surface area contributed by atoms with Crippen molar-refractivity contribution in [3.8, 4) is 11.5 Å². The lowest BCUT2D eigenvalue weighted by atomic mass is 9.90. The Morgan fingerprint density at radius 2 is 1.71 bits per heavy atom. The zero-order valence-corrected chi connectivity index (χ0v) is 22.8. The Bertz CT molecular complexity index is 1520. The highest BCUT2D eigenvalue weighted by molar-refractivity contribution is 7.89. The Hall–Kier alpha value is -3.64. The van der Waals surface area contributed by atoms with E-state index in [1.165, 1.54) is 24.3 Å². The highest BCUT2D eigenvalue weighted by Gasteiger charge is 2.36. The smallest absolute Gasteiger partial charge is 0.493 e. The molecule has 0 radical (unpaired) electrons. The second-order valence-corrected chi connectivity index (χ2v) is 12.2. The lowest BCUT2D eigenvalue weighted by Gasteiger charge is -2.44. The van der Waals surface area contributed by atoms with E-state index in [1.807, 2.05) is 30.3 Å². The summed E-state index contributed by atoms with van der Waals surface area (Å²) in [5.74, 6) is -1.73. The standard InChI is InChI=1S/C29H28F4N2O5S/c1-41(37,38)34-28(36)24-13-23(19-10-11-19)26(14-25(24)30)39-17-18-15-35(16-18)27(20-6-3-2-4-7-20)21-8-5-9-22(12-21)40-29(31,32)33/h2-9,12-14,18-19,27H,10-11,15-17H2,1H3,(H,34,36). The molecular weight excluding hydrogens is 564 g/mol. The van der Waals surface area contributed by atoms with E-state index in [0.29, 0.717) is 30.0 Å². The fourth-order valence-electron chi connectivity index (χ4n) is 5.07. The number of hydrogen-bond acceptors (Lipinski definition) is 6. The maximum Gasteiger partial charge on any atom is 0.573 e. The van der Waals surface area contributed by atoms with Crippen LogP contribution < -0.4 is 14.2 Å². The minimum atomic E-state index is -4.80. The van der Waals surface area contributed by atoms with Crippen molar-refractivity contribution < 1.29 is 40.2 Å². The molecule has 1 heterocycles. The van der Waals surface area contributed by atoms with Crippen molar-refractivity contribution in [2.45, 2.75) is 31.2 Å². The zero-order chi connectivity index (χ0) is 29.4. The molecule has 2 aliphatic rings. The Labute approximate surface area is 235 Å². The predicted molar refractivity (Wildman–Crippen MR) is 143 cm³/mol. The van der Waals surface area contributed by atoms with E-state index in [0.717, 1.165) is 30.7 Å². The SMILES string of the molecule is CS(=O)(=O)NC(=O)c1cc(C2CC2)c(OCC2CN(C(c3ccccc3)c3cccc(OC(F)(F)F)c3)C2)cc1F. The van der Waals surface area contributed by atoms with Gasteiger partial charge in [0.1, 0.15) is 17.3 Å². The van der Waals surface area contributed by atoms with Gasteiger partial charge in [-0.15, -0.1) is 13.2 Å². The molecule has 2 fully saturated rings. The van der Waals surface area contributed by atoms with Crippen LogP contribution in [0.2, 0.25) is 0 Å². The highest BCUT2D eigenvalue weighted by Crippen LogP contribution is 2.45. The van der Waals surface area contributed by atoms with E-state index < -0.39 is 28.1 Å². The van der Waals surface area contributed by atoms with Crippen molar-refractivity contribution in [1.82, 2.24) is 9.62 Å². The zero-order valence-electron chi connectivity index (χ0n) is 22.0. The maximum atomic E-state index is 14.8. The van der Waals surface area contributed by atoms with Gasteiger partial charge in [0.25, 0.3) is 5.91 Å². The summed E-state index contributed by atoms with van der Waals surface area (Å²) in [6, 6.07) is 17.5. The lowest BCUT2D eigenvalue weighted by molar-refractivity contribution is -0.274. The van der Waals surface area contributed by atoms with Crippen LogP contribution in [0.3, 0.4) is 0 Å². The van der Waals surface area contributed by atoms with Crippen molar-refractivity contribution in [3.05, 3.63) is 94.8 Å². The number of amides is 1. The van der Waals surface area contributed by atoms with Gasteiger partial charge in [-0.3, -0.25) is 9.69 Å². The van der Waals surface area contributed by atoms with Crippen molar-refractivity contribution in [2.75, 3.05) is 26.0 Å². The van der Waals surface area contributed by atoms with Gasteiger partial charge in [-0.1, -0.05) is 42.5 Å². The molecule has 0 bridgehead atoms. The molecule has 7 nitrogen and oxygen atoms in total. The first-order chi connectivity index (χ1) is 19.4. The molecule has 218 valence electrons. The summed E-state index contributed by atoms with van der Waals surface area (Å²) in [7, 11) is -3.86. The summed E-state index contributed by atoms with van der Waals surface area (Å²) in [6.07, 6.45) is -2.28. The molecule has 1 N–H and O–H groups in total. The first-order valence-electron chi connectivity index (χ1n) is 13.0. The summed E-state index contributed by atoms with van der Waals surface area (Å²) in [5, 5.41) is 0. The fourth-order valence-corrected chi connectivity index (χ4v) is 5.52. The van der Waals surface area contributed by atoms with Gasteiger partial charge in [0, 0.05) is 25.1 Å². The number of nitrogens with one attached hydrogen (secondary N) is 1. The number of carbonyl (C=O) groups excluding carboxylic acids is 1. The van der Waals surface area contributed by atoms with E-state index in [4.69, 9.17) is 4.74 Å². The topological polar surface area (TPSA) is 84.9 Å². The second-order valence-electron chi connectivity index (χ2n) is 10.4. The number of rotatable bonds is 10. The van der Waals surface area contributed by atoms with Crippen LogP contribution in [0.4, 0.5) is 17.6 Å². The molecule has 3 aromatic carbocycles. The van der Waals surface area contributed by atoms with Gasteiger partial charge in [-0.25, -0.2) is 17.5 Å². The average molecular weight is 593 g/mol. The number of benzene rings is 3. The molecule has 0 spiro atoms. The second kappa shape index (κ2) is 11.3. The van der Waals surface area contributed by atoms with E-state index in [1.54, 1.807) is 10.8 Å². The number of hydrogen-bond donors (Lipinski definition) is 1. The first kappa shape index (κ1) is 28.9. The fraction of sp³-hybridized carbons (Fsp3) is 0.345. The number of carbonyl (C=O) groups is 1. The van der Waals surface area contributed by atoms with Crippen molar-refractivity contribution >= 4 is 15.9 Å². The molecule has 1 saturated carbocycles. The molecule has 5 rings (SSSR count). The van der Waals surface area contributed by atoms with Crippen LogP contribution in [0.25, 0.3) is 0 Å². The Balaban J connectivity index is 1.29. The number of ether oxygens (including phenoxy) is 2. The Kier molecular flexibility index (Phi) is 7.97. The van der Waals surface area contributed by atoms with Crippen LogP contribution >= 0.6 is 0 Å². The van der Waals surface area contributed by atoms with Crippen LogP contribution in [-0.4, -0.2) is 51.5 Å². The third kappa shape index (κ3) is 7.36. The summed E-state index contributed by atoms with van der Waals surface area (Å²) >= 11 is 0. The summed E-state index contributed by atoms with van der Waals surface area (Å²) in [6.45, 7) is 1.43. The first-order valence-corrected chi connectivity index (χ1v) is 14.9. The van der Waals surface area contributed by atoms with Crippen LogP contribution in [0.5, 0.6) is 11.5 Å². The third-order valence-corrected chi connectivity index (χ3v) is 7.54. The molecule has 1 unspecified atom stereocenters. The summed E-state index contributed by atoms with van der Waals surface area (Å²) < 4.78 is 88.1. The van der Waals surface area contributed by atoms with Crippen LogP contribution in [0, 0.1) is 11.7 Å². The maximum absolute atomic E-state index is 14.8. The largest absolute Gasteiger partial charge is 0.573 e. The molecule has 1 saturated heterocycles. The number of halogens is 4. The van der Waals surface area contributed by atoms with Gasteiger partial charge in [-0.05, 0) is 53.6 Å². The van der Waals surface area contributed by atoms with E-state index in [-0.39, 0.29) is 35.8 Å². The molecule has 1 amide bonds. The van der Waals surface area contributed by atoms with Crippen molar-refractivity contribution in [2.24, 2.45) is 5.92 Å². The summed E-state index contributed by atoms with van der Waals surface area (Å²) in [4.78, 5) is 14.4. The molecule has 12 heteroatoms. The lowest BCUT2D eigenvalue weighted by Crippen LogP contribution is -2.51. The normalized spacial score (nSPS) is 17.0. The van der Waals surface area contributed by atoms with Crippen molar-refractivity contribution in [3.63, 3.8) is 0 Å². The van der Waals surface area contributed by atoms with Gasteiger partial charge >= 0.3 is 6.36 Å². The third-order valence-electron chi connectivity index (χ3n) is 6.99. The van der Waals surface area contributed by atoms with E-state index in [9.17, 15) is 30.8 Å². The molecule has 0 aromatic heterocycles. The molecule has 3 aromatic rings. The van der Waals surface area contributed by atoms with Crippen LogP contribution in [0.15, 0.2) is 66.7 Å². The Morgan fingerprint density at radius 3 is 2.34 bits per heavy atom. The summed E-state index contributed by atoms with van der Waals surface area (Å²) in [5.41, 5.74) is 1.86. The van der Waals surface area contributed by atoms with Gasteiger partial charge in [0.2, 0.25) is 10.0 Å². The quantitative estimate of drug-likeness (QED) is 0.318. The average Bonchev–Trinajstić information content (AvgIpc) is 3.69. The van der Waals surface area contributed by atoms with Gasteiger partial charge < -0.3 is 9.47 Å². The molecule has 1 aliphatic heterocycles. The Morgan fingerprint density at radius 1 is 1.02 bits per heavy atom. The predicted octanol–water partition coefficient (Wildman–Crippen LogP) is 5.39. The molecule has 41 heavy (non-hydrogen) atoms. The monoisotopic (exact) mass is 592 g/mol. The number of alkyl halides is 3. The van der Waals surface area contributed by atoms with Gasteiger partial charge in [0.15, 0.2) is 0 Å². The van der Waals surface area contributed by atoms with Gasteiger partial charge in [0.05, 0.1) is 24.5 Å². The van der Waals surface area contributed by atoms with E-state index >= 15 is 0 Å². The van der Waals surface area contributed by atoms with Crippen LogP contribution in [-0.2, 0) is 10.0 Å². The minimum absolute atomic E-state index is 0.0687. The van der Waals surface area contributed by atoms with Crippen LogP contribution in [0.1, 0.15) is 51.8 Å². The van der Waals surface area contributed by atoms with E-state index in [2.05, 4.69) is 9.64 Å².